The first-order valence-corrected chi connectivity index (χ1v) is 5.00. The van der Waals surface area contributed by atoms with E-state index in [9.17, 15) is 0 Å². The van der Waals surface area contributed by atoms with Crippen LogP contribution in [-0.4, -0.2) is 30.3 Å². The zero-order valence-electron chi connectivity index (χ0n) is 7.95. The Morgan fingerprint density at radius 1 is 1.54 bits per heavy atom. The Hall–Kier alpha value is -0.650. The molecule has 4 heteroatoms. The Labute approximate surface area is 92.0 Å². The molecule has 1 rings (SSSR count). The molecule has 0 bridgehead atoms. The van der Waals surface area contributed by atoms with Gasteiger partial charge in [-0.1, -0.05) is 0 Å². The molecule has 1 aromatic rings. The van der Waals surface area contributed by atoms with Crippen molar-refractivity contribution in [3.8, 4) is 0 Å². The van der Waals surface area contributed by atoms with Crippen molar-refractivity contribution in [2.75, 3.05) is 14.1 Å². The summed E-state index contributed by atoms with van der Waals surface area (Å²) in [4.78, 5) is 10.3. The minimum Gasteiger partial charge on any atom is -0.369 e. The van der Waals surface area contributed by atoms with Gasteiger partial charge in [0, 0.05) is 23.9 Å². The summed E-state index contributed by atoms with van der Waals surface area (Å²) in [6, 6.07) is 1.97. The molecule has 0 spiro atoms. The van der Waals surface area contributed by atoms with Gasteiger partial charge in [0.25, 0.3) is 0 Å². The molecule has 0 amide bonds. The second-order valence-electron chi connectivity index (χ2n) is 3.00. The van der Waals surface area contributed by atoms with Crippen LogP contribution in [0, 0.1) is 10.5 Å². The topological polar surface area (TPSA) is 28.5 Å². The van der Waals surface area contributed by atoms with Crippen LogP contribution in [0.4, 0.5) is 5.82 Å². The van der Waals surface area contributed by atoms with Crippen LogP contribution in [-0.2, 0) is 0 Å². The molecule has 13 heavy (non-hydrogen) atoms. The first kappa shape index (κ1) is 10.4. The summed E-state index contributed by atoms with van der Waals surface area (Å²) >= 11 is 2.28. The van der Waals surface area contributed by atoms with Crippen molar-refractivity contribution in [3.63, 3.8) is 0 Å². The van der Waals surface area contributed by atoms with E-state index in [0.29, 0.717) is 0 Å². The largest absolute Gasteiger partial charge is 0.369 e. The van der Waals surface area contributed by atoms with E-state index >= 15 is 0 Å². The number of pyridine rings is 1. The van der Waals surface area contributed by atoms with Crippen LogP contribution < -0.4 is 0 Å². The number of aliphatic imine (C=N–C) groups is 1. The zero-order chi connectivity index (χ0) is 9.84. The van der Waals surface area contributed by atoms with Crippen LogP contribution in [0.1, 0.15) is 5.56 Å². The van der Waals surface area contributed by atoms with Gasteiger partial charge in [-0.25, -0.2) is 9.98 Å². The average Bonchev–Trinajstić information content (AvgIpc) is 2.07. The third-order valence-corrected chi connectivity index (χ3v) is 2.61. The van der Waals surface area contributed by atoms with E-state index in [1.54, 1.807) is 6.34 Å². The van der Waals surface area contributed by atoms with E-state index in [-0.39, 0.29) is 0 Å². The number of rotatable bonds is 2. The Morgan fingerprint density at radius 2 is 2.23 bits per heavy atom. The third kappa shape index (κ3) is 3.30. The molecule has 0 fully saturated rings. The van der Waals surface area contributed by atoms with Gasteiger partial charge in [0.2, 0.25) is 0 Å². The number of hydrogen-bond donors (Lipinski definition) is 0. The van der Waals surface area contributed by atoms with Crippen molar-refractivity contribution in [1.82, 2.24) is 9.88 Å². The molecule has 0 N–H and O–H groups in total. The van der Waals surface area contributed by atoms with E-state index in [4.69, 9.17) is 0 Å². The third-order valence-electron chi connectivity index (χ3n) is 1.44. The molecule has 0 saturated heterocycles. The van der Waals surface area contributed by atoms with Crippen molar-refractivity contribution in [1.29, 1.82) is 0 Å². The second kappa shape index (κ2) is 4.55. The highest BCUT2D eigenvalue weighted by Gasteiger charge is 1.95. The molecule has 3 nitrogen and oxygen atoms in total. The Morgan fingerprint density at radius 3 is 2.77 bits per heavy atom. The summed E-state index contributed by atoms with van der Waals surface area (Å²) in [5.74, 6) is 0.753. The van der Waals surface area contributed by atoms with E-state index in [1.807, 2.05) is 38.2 Å². The van der Waals surface area contributed by atoms with Gasteiger partial charge in [-0.3, -0.25) is 0 Å². The average molecular weight is 289 g/mol. The highest BCUT2D eigenvalue weighted by atomic mass is 127. The number of aryl methyl sites for hydroxylation is 1. The molecule has 0 aromatic carbocycles. The van der Waals surface area contributed by atoms with E-state index in [1.165, 1.54) is 9.13 Å². The van der Waals surface area contributed by atoms with Crippen LogP contribution in [0.3, 0.4) is 0 Å². The molecule has 0 radical (unpaired) electrons. The van der Waals surface area contributed by atoms with E-state index < -0.39 is 0 Å². The van der Waals surface area contributed by atoms with Crippen LogP contribution in [0.15, 0.2) is 17.3 Å². The second-order valence-corrected chi connectivity index (χ2v) is 4.16. The Bertz CT molecular complexity index is 321. The van der Waals surface area contributed by atoms with Crippen LogP contribution in [0.2, 0.25) is 0 Å². The monoisotopic (exact) mass is 289 g/mol. The predicted octanol–water partition coefficient (Wildman–Crippen LogP) is 2.22. The van der Waals surface area contributed by atoms with Gasteiger partial charge in [0.05, 0.1) is 6.34 Å². The summed E-state index contributed by atoms with van der Waals surface area (Å²) in [6.45, 7) is 2.04. The Balaban J connectivity index is 2.85. The summed E-state index contributed by atoms with van der Waals surface area (Å²) in [6.07, 6.45) is 3.58. The van der Waals surface area contributed by atoms with Crippen molar-refractivity contribution in [2.45, 2.75) is 6.92 Å². The fourth-order valence-corrected chi connectivity index (χ4v) is 1.15. The SMILES string of the molecule is Cc1cnc(N=CN(C)C)cc1I. The first-order valence-electron chi connectivity index (χ1n) is 3.92. The summed E-state index contributed by atoms with van der Waals surface area (Å²) < 4.78 is 1.19. The van der Waals surface area contributed by atoms with Gasteiger partial charge >= 0.3 is 0 Å². The summed E-state index contributed by atoms with van der Waals surface area (Å²) in [5, 5.41) is 0. The van der Waals surface area contributed by atoms with Gasteiger partial charge in [-0.15, -0.1) is 0 Å². The molecule has 0 aliphatic carbocycles. The number of nitrogens with zero attached hydrogens (tertiary/aromatic N) is 3. The molecule has 1 heterocycles. The van der Waals surface area contributed by atoms with Crippen molar-refractivity contribution < 1.29 is 0 Å². The maximum Gasteiger partial charge on any atom is 0.154 e. The molecule has 1 aromatic heterocycles. The fourth-order valence-electron chi connectivity index (χ4n) is 0.734. The summed E-state index contributed by atoms with van der Waals surface area (Å²) in [7, 11) is 3.87. The minimum atomic E-state index is 0.753. The Kier molecular flexibility index (Phi) is 3.65. The maximum atomic E-state index is 4.19. The van der Waals surface area contributed by atoms with Crippen molar-refractivity contribution in [3.05, 3.63) is 21.4 Å². The minimum absolute atomic E-state index is 0.753. The van der Waals surface area contributed by atoms with Gasteiger partial charge in [0.15, 0.2) is 5.82 Å². The highest BCUT2D eigenvalue weighted by Crippen LogP contribution is 2.15. The number of hydrogen-bond acceptors (Lipinski definition) is 2. The number of aromatic nitrogens is 1. The summed E-state index contributed by atoms with van der Waals surface area (Å²) in [5.41, 5.74) is 1.18. The van der Waals surface area contributed by atoms with Gasteiger partial charge in [-0.05, 0) is 41.1 Å². The van der Waals surface area contributed by atoms with Gasteiger partial charge in [0.1, 0.15) is 0 Å². The molecular weight excluding hydrogens is 277 g/mol. The standard InChI is InChI=1S/C9H12IN3/c1-7-5-11-9(4-8(7)10)12-6-13(2)3/h4-6H,1-3H3. The smallest absolute Gasteiger partial charge is 0.154 e. The van der Waals surface area contributed by atoms with Gasteiger partial charge in [-0.2, -0.15) is 0 Å². The lowest BCUT2D eigenvalue weighted by Crippen LogP contribution is -2.07. The molecule has 0 saturated carbocycles. The molecule has 0 aliphatic heterocycles. The molecule has 0 aliphatic rings. The highest BCUT2D eigenvalue weighted by molar-refractivity contribution is 14.1. The van der Waals surface area contributed by atoms with Crippen LogP contribution in [0.5, 0.6) is 0 Å². The van der Waals surface area contributed by atoms with Crippen molar-refractivity contribution in [2.24, 2.45) is 4.99 Å². The molecule has 0 atom stereocenters. The molecular formula is C9H12IN3. The van der Waals surface area contributed by atoms with Gasteiger partial charge < -0.3 is 4.90 Å². The first-order chi connectivity index (χ1) is 6.09. The quantitative estimate of drug-likeness (QED) is 0.474. The van der Waals surface area contributed by atoms with Crippen molar-refractivity contribution >= 4 is 34.7 Å². The lowest BCUT2D eigenvalue weighted by molar-refractivity contribution is 0.643. The zero-order valence-corrected chi connectivity index (χ0v) is 10.1. The van der Waals surface area contributed by atoms with E-state index in [2.05, 4.69) is 32.6 Å². The normalized spacial score (nSPS) is 10.8. The lowest BCUT2D eigenvalue weighted by Gasteiger charge is -2.02. The fraction of sp³-hybridized carbons (Fsp3) is 0.333. The predicted molar refractivity (Wildman–Crippen MR) is 63.5 cm³/mol. The maximum absolute atomic E-state index is 4.19. The lowest BCUT2D eigenvalue weighted by atomic mass is 10.3. The molecule has 70 valence electrons. The van der Waals surface area contributed by atoms with Crippen LogP contribution in [0.25, 0.3) is 0 Å². The van der Waals surface area contributed by atoms with Crippen LogP contribution >= 0.6 is 22.6 Å². The van der Waals surface area contributed by atoms with E-state index in [0.717, 1.165) is 5.82 Å². The molecule has 0 unspecified atom stereocenters. The number of halogens is 1.